The van der Waals surface area contributed by atoms with Gasteiger partial charge in [-0.25, -0.2) is 14.8 Å². The van der Waals surface area contributed by atoms with Crippen LogP contribution < -0.4 is 0 Å². The van der Waals surface area contributed by atoms with E-state index in [4.69, 9.17) is 9.84 Å². The van der Waals surface area contributed by atoms with E-state index in [0.29, 0.717) is 22.7 Å². The Morgan fingerprint density at radius 2 is 2.05 bits per heavy atom. The Bertz CT molecular complexity index is 690. The zero-order valence-corrected chi connectivity index (χ0v) is 11.5. The third-order valence-electron chi connectivity index (χ3n) is 3.00. The third-order valence-corrected chi connectivity index (χ3v) is 3.00. The van der Waals surface area contributed by atoms with Crippen LogP contribution in [0.1, 0.15) is 34.4 Å². The van der Waals surface area contributed by atoms with E-state index in [1.807, 2.05) is 0 Å². The number of imidazole rings is 1. The van der Waals surface area contributed by atoms with Crippen molar-refractivity contribution in [1.29, 1.82) is 0 Å². The van der Waals surface area contributed by atoms with Crippen LogP contribution in [0.3, 0.4) is 0 Å². The zero-order chi connectivity index (χ0) is 14.9. The molecule has 0 atom stereocenters. The van der Waals surface area contributed by atoms with Crippen LogP contribution in [0.4, 0.5) is 0 Å². The van der Waals surface area contributed by atoms with E-state index in [1.165, 1.54) is 6.20 Å². The number of hydrogen-bond acceptors (Lipinski definition) is 5. The maximum atomic E-state index is 11.7. The molecule has 0 saturated heterocycles. The first-order valence-electron chi connectivity index (χ1n) is 6.18. The number of nitrogens with zero attached hydrogens (tertiary/aromatic N) is 3. The van der Waals surface area contributed by atoms with Crippen LogP contribution in [0.2, 0.25) is 0 Å². The van der Waals surface area contributed by atoms with Crippen molar-refractivity contribution < 1.29 is 19.4 Å². The van der Waals surface area contributed by atoms with Crippen molar-refractivity contribution in [2.75, 3.05) is 6.61 Å². The first-order chi connectivity index (χ1) is 9.43. The van der Waals surface area contributed by atoms with Gasteiger partial charge in [0.05, 0.1) is 13.0 Å². The Morgan fingerprint density at radius 1 is 1.35 bits per heavy atom. The van der Waals surface area contributed by atoms with Crippen molar-refractivity contribution in [3.05, 3.63) is 28.8 Å². The minimum Gasteiger partial charge on any atom is -0.481 e. The second kappa shape index (κ2) is 5.28. The maximum absolute atomic E-state index is 11.7. The van der Waals surface area contributed by atoms with Crippen LogP contribution in [0.5, 0.6) is 0 Å². The summed E-state index contributed by atoms with van der Waals surface area (Å²) in [7, 11) is 0. The summed E-state index contributed by atoms with van der Waals surface area (Å²) >= 11 is 0. The van der Waals surface area contributed by atoms with Gasteiger partial charge in [-0.1, -0.05) is 0 Å². The van der Waals surface area contributed by atoms with E-state index >= 15 is 0 Å². The Balaban J connectivity index is 2.55. The lowest BCUT2D eigenvalue weighted by molar-refractivity contribution is -0.136. The molecule has 7 nitrogen and oxygen atoms in total. The van der Waals surface area contributed by atoms with Crippen LogP contribution in [0.15, 0.2) is 6.20 Å². The molecular weight excluding hydrogens is 262 g/mol. The second-order valence-electron chi connectivity index (χ2n) is 4.35. The van der Waals surface area contributed by atoms with Gasteiger partial charge in [0.1, 0.15) is 0 Å². The van der Waals surface area contributed by atoms with Gasteiger partial charge in [-0.2, -0.15) is 0 Å². The van der Waals surface area contributed by atoms with Gasteiger partial charge in [-0.05, 0) is 20.8 Å². The average molecular weight is 277 g/mol. The smallest absolute Gasteiger partial charge is 0.358 e. The average Bonchev–Trinajstić information content (AvgIpc) is 2.78. The molecule has 0 aliphatic heterocycles. The molecular formula is C13H15N3O4. The minimum absolute atomic E-state index is 0.118. The third kappa shape index (κ3) is 2.47. The number of ether oxygens (including phenoxy) is 1. The standard InChI is InChI=1S/C13H15N3O4/c1-4-20-12(19)10-6-16-8(3)9(5-11(17)18)7(2)14-13(16)15-10/h6H,4-5H2,1-3H3,(H,17,18). The molecule has 0 fully saturated rings. The Hall–Kier alpha value is -2.44. The molecule has 0 saturated carbocycles. The van der Waals surface area contributed by atoms with Gasteiger partial charge in [0.25, 0.3) is 0 Å². The number of carboxylic acids is 1. The van der Waals surface area contributed by atoms with Crippen molar-refractivity contribution in [3.63, 3.8) is 0 Å². The summed E-state index contributed by atoms with van der Waals surface area (Å²) in [4.78, 5) is 30.9. The Kier molecular flexibility index (Phi) is 3.69. The van der Waals surface area contributed by atoms with Gasteiger partial charge in [0, 0.05) is 23.1 Å². The second-order valence-corrected chi connectivity index (χ2v) is 4.35. The number of aryl methyl sites for hydroxylation is 2. The Morgan fingerprint density at radius 3 is 2.65 bits per heavy atom. The fourth-order valence-electron chi connectivity index (χ4n) is 2.03. The lowest BCUT2D eigenvalue weighted by Gasteiger charge is -2.08. The predicted octanol–water partition coefficient (Wildman–Crippen LogP) is 1.15. The van der Waals surface area contributed by atoms with Gasteiger partial charge in [0.15, 0.2) is 5.69 Å². The highest BCUT2D eigenvalue weighted by molar-refractivity contribution is 5.87. The van der Waals surface area contributed by atoms with Crippen molar-refractivity contribution >= 4 is 17.7 Å². The number of esters is 1. The lowest BCUT2D eigenvalue weighted by Crippen LogP contribution is -2.09. The summed E-state index contributed by atoms with van der Waals surface area (Å²) < 4.78 is 6.49. The van der Waals surface area contributed by atoms with Crippen LogP contribution in [-0.2, 0) is 16.0 Å². The summed E-state index contributed by atoms with van der Waals surface area (Å²) in [6.07, 6.45) is 1.40. The molecule has 2 aromatic rings. The van der Waals surface area contributed by atoms with E-state index in [1.54, 1.807) is 25.2 Å². The molecule has 0 aromatic carbocycles. The van der Waals surface area contributed by atoms with Crippen molar-refractivity contribution in [2.24, 2.45) is 0 Å². The molecule has 0 spiro atoms. The predicted molar refractivity (Wildman–Crippen MR) is 69.8 cm³/mol. The number of fused-ring (bicyclic) bond motifs is 1. The SMILES string of the molecule is CCOC(=O)c1cn2c(C)c(CC(=O)O)c(C)nc2n1. The number of aliphatic carboxylic acids is 1. The van der Waals surface area contributed by atoms with E-state index in [-0.39, 0.29) is 18.7 Å². The maximum Gasteiger partial charge on any atom is 0.358 e. The van der Waals surface area contributed by atoms with E-state index in [2.05, 4.69) is 9.97 Å². The number of carboxylic acid groups (broad SMARTS) is 1. The highest BCUT2D eigenvalue weighted by atomic mass is 16.5. The van der Waals surface area contributed by atoms with Gasteiger partial charge in [0.2, 0.25) is 5.78 Å². The molecule has 2 aromatic heterocycles. The molecule has 7 heteroatoms. The molecule has 20 heavy (non-hydrogen) atoms. The number of aromatic nitrogens is 3. The summed E-state index contributed by atoms with van der Waals surface area (Å²) in [5.41, 5.74) is 2.09. The van der Waals surface area contributed by atoms with E-state index < -0.39 is 11.9 Å². The lowest BCUT2D eigenvalue weighted by atomic mass is 10.1. The van der Waals surface area contributed by atoms with Gasteiger partial charge >= 0.3 is 11.9 Å². The molecule has 0 aliphatic rings. The van der Waals surface area contributed by atoms with Gasteiger partial charge < -0.3 is 9.84 Å². The molecule has 0 bridgehead atoms. The van der Waals surface area contributed by atoms with E-state index in [0.717, 1.165) is 0 Å². The number of hydrogen-bond donors (Lipinski definition) is 1. The van der Waals surface area contributed by atoms with Crippen molar-refractivity contribution in [2.45, 2.75) is 27.2 Å². The Labute approximate surface area is 115 Å². The summed E-state index contributed by atoms with van der Waals surface area (Å²) in [5, 5.41) is 8.92. The topological polar surface area (TPSA) is 93.8 Å². The van der Waals surface area contributed by atoms with Crippen molar-refractivity contribution in [1.82, 2.24) is 14.4 Å². The first kappa shape index (κ1) is 14.0. The fraction of sp³-hybridized carbons (Fsp3) is 0.385. The highest BCUT2D eigenvalue weighted by Gasteiger charge is 2.17. The molecule has 0 amide bonds. The largest absolute Gasteiger partial charge is 0.481 e. The van der Waals surface area contributed by atoms with E-state index in [9.17, 15) is 9.59 Å². The van der Waals surface area contributed by atoms with Crippen LogP contribution in [0, 0.1) is 13.8 Å². The van der Waals surface area contributed by atoms with Crippen LogP contribution in [-0.4, -0.2) is 38.0 Å². The number of rotatable bonds is 4. The molecule has 0 aliphatic carbocycles. The van der Waals surface area contributed by atoms with Gasteiger partial charge in [-0.3, -0.25) is 9.20 Å². The molecule has 2 rings (SSSR count). The summed E-state index contributed by atoms with van der Waals surface area (Å²) in [6, 6.07) is 0. The quantitative estimate of drug-likeness (QED) is 0.842. The molecule has 2 heterocycles. The molecule has 106 valence electrons. The molecule has 1 N–H and O–H groups in total. The highest BCUT2D eigenvalue weighted by Crippen LogP contribution is 2.16. The zero-order valence-electron chi connectivity index (χ0n) is 11.5. The fourth-order valence-corrected chi connectivity index (χ4v) is 2.03. The molecule has 0 unspecified atom stereocenters. The molecule has 0 radical (unpaired) electrons. The monoisotopic (exact) mass is 277 g/mol. The summed E-state index contributed by atoms with van der Waals surface area (Å²) in [6.45, 7) is 5.48. The minimum atomic E-state index is -0.928. The van der Waals surface area contributed by atoms with Crippen molar-refractivity contribution in [3.8, 4) is 0 Å². The number of carbonyl (C=O) groups is 2. The van der Waals surface area contributed by atoms with Gasteiger partial charge in [-0.15, -0.1) is 0 Å². The first-order valence-corrected chi connectivity index (χ1v) is 6.18. The summed E-state index contributed by atoms with van der Waals surface area (Å²) in [5.74, 6) is -1.09. The number of carbonyl (C=O) groups excluding carboxylic acids is 1. The van der Waals surface area contributed by atoms with Crippen LogP contribution >= 0.6 is 0 Å². The van der Waals surface area contributed by atoms with Crippen LogP contribution in [0.25, 0.3) is 5.78 Å². The normalized spacial score (nSPS) is 10.8.